The quantitative estimate of drug-likeness (QED) is 0.802. The molecule has 0 radical (unpaired) electrons. The van der Waals surface area contributed by atoms with Crippen LogP contribution in [0.25, 0.3) is 16.2 Å². The molecule has 0 atom stereocenters. The first kappa shape index (κ1) is 12.7. The highest BCUT2D eigenvalue weighted by molar-refractivity contribution is 7.15. The van der Waals surface area contributed by atoms with Crippen molar-refractivity contribution in [1.82, 2.24) is 9.38 Å². The molecule has 2 aromatic heterocycles. The third kappa shape index (κ3) is 2.16. The van der Waals surface area contributed by atoms with Gasteiger partial charge in [-0.25, -0.2) is 4.98 Å². The van der Waals surface area contributed by atoms with Gasteiger partial charge in [-0.3, -0.25) is 4.40 Å². The number of hydrogen-bond donors (Lipinski definition) is 1. The van der Waals surface area contributed by atoms with Crippen LogP contribution in [0.4, 0.5) is 0 Å². The van der Waals surface area contributed by atoms with E-state index in [0.717, 1.165) is 33.4 Å². The number of rotatable bonds is 3. The van der Waals surface area contributed by atoms with E-state index in [1.165, 1.54) is 5.69 Å². The summed E-state index contributed by atoms with van der Waals surface area (Å²) in [5.41, 5.74) is 10.3. The summed E-state index contributed by atoms with van der Waals surface area (Å²) >= 11 is 7.60. The lowest BCUT2D eigenvalue weighted by Crippen LogP contribution is -2.06. The second-order valence-corrected chi connectivity index (χ2v) is 5.70. The Morgan fingerprint density at radius 2 is 2.05 bits per heavy atom. The van der Waals surface area contributed by atoms with Gasteiger partial charge in [-0.2, -0.15) is 0 Å². The molecule has 0 bridgehead atoms. The Morgan fingerprint density at radius 1 is 1.32 bits per heavy atom. The Bertz CT molecular complexity index is 712. The minimum Gasteiger partial charge on any atom is -0.330 e. The van der Waals surface area contributed by atoms with Crippen LogP contribution in [0, 0.1) is 6.92 Å². The smallest absolute Gasteiger partial charge is 0.194 e. The maximum atomic E-state index is 5.94. The number of halogens is 1. The van der Waals surface area contributed by atoms with Gasteiger partial charge in [-0.1, -0.05) is 23.7 Å². The molecule has 1 aromatic carbocycles. The number of aryl methyl sites for hydroxylation is 1. The summed E-state index contributed by atoms with van der Waals surface area (Å²) in [4.78, 5) is 5.61. The lowest BCUT2D eigenvalue weighted by molar-refractivity contribution is 0.899. The molecule has 0 aliphatic carbocycles. The Balaban J connectivity index is 2.21. The number of aromatic nitrogens is 2. The minimum absolute atomic E-state index is 0.630. The number of imidazole rings is 1. The van der Waals surface area contributed by atoms with Gasteiger partial charge in [-0.05, 0) is 31.2 Å². The second-order valence-electron chi connectivity index (χ2n) is 4.43. The fourth-order valence-corrected chi connectivity index (χ4v) is 3.36. The normalized spacial score (nSPS) is 11.3. The molecule has 0 aliphatic rings. The summed E-state index contributed by atoms with van der Waals surface area (Å²) in [6, 6.07) is 7.89. The van der Waals surface area contributed by atoms with Crippen LogP contribution in [0.3, 0.4) is 0 Å². The third-order valence-electron chi connectivity index (χ3n) is 3.18. The fraction of sp³-hybridized carbons (Fsp3) is 0.214. The summed E-state index contributed by atoms with van der Waals surface area (Å²) in [5, 5.41) is 2.88. The van der Waals surface area contributed by atoms with Gasteiger partial charge in [0.05, 0.1) is 11.4 Å². The van der Waals surface area contributed by atoms with Crippen LogP contribution in [0.2, 0.25) is 5.02 Å². The summed E-state index contributed by atoms with van der Waals surface area (Å²) in [7, 11) is 0. The maximum absolute atomic E-state index is 5.94. The van der Waals surface area contributed by atoms with Gasteiger partial charge >= 0.3 is 0 Å². The van der Waals surface area contributed by atoms with E-state index in [2.05, 4.69) is 14.8 Å². The van der Waals surface area contributed by atoms with Crippen LogP contribution in [0.15, 0.2) is 29.6 Å². The molecule has 19 heavy (non-hydrogen) atoms. The minimum atomic E-state index is 0.630. The highest BCUT2D eigenvalue weighted by Gasteiger charge is 2.14. The number of thiazole rings is 1. The molecule has 0 saturated heterocycles. The Hall–Kier alpha value is -1.36. The van der Waals surface area contributed by atoms with Gasteiger partial charge in [0, 0.05) is 22.5 Å². The molecule has 0 fully saturated rings. The molecule has 3 aromatic rings. The average molecular weight is 292 g/mol. The van der Waals surface area contributed by atoms with Crippen molar-refractivity contribution in [2.24, 2.45) is 5.73 Å². The van der Waals surface area contributed by atoms with Gasteiger partial charge in [0.2, 0.25) is 0 Å². The molecule has 0 spiro atoms. The number of fused-ring (bicyclic) bond motifs is 1. The van der Waals surface area contributed by atoms with Gasteiger partial charge in [0.1, 0.15) is 0 Å². The maximum Gasteiger partial charge on any atom is 0.194 e. The standard InChI is InChI=1S/C14H14ClN3S/c1-9-12(6-7-16)18-13(8-19-14(18)17-9)10-2-4-11(15)5-3-10/h2-5,8H,6-7,16H2,1H3. The Labute approximate surface area is 120 Å². The highest BCUT2D eigenvalue weighted by atomic mass is 35.5. The second kappa shape index (κ2) is 4.96. The van der Waals surface area contributed by atoms with Crippen molar-refractivity contribution in [3.8, 4) is 11.3 Å². The first-order valence-electron chi connectivity index (χ1n) is 6.12. The number of nitrogens with two attached hydrogens (primary N) is 1. The first-order valence-corrected chi connectivity index (χ1v) is 7.38. The average Bonchev–Trinajstić information content (AvgIpc) is 2.92. The van der Waals surface area contributed by atoms with Crippen molar-refractivity contribution in [2.45, 2.75) is 13.3 Å². The predicted octanol–water partition coefficient (Wildman–Crippen LogP) is 3.53. The molecular weight excluding hydrogens is 278 g/mol. The molecule has 5 heteroatoms. The zero-order valence-electron chi connectivity index (χ0n) is 10.6. The topological polar surface area (TPSA) is 43.3 Å². The largest absolute Gasteiger partial charge is 0.330 e. The van der Waals surface area contributed by atoms with E-state index in [1.54, 1.807) is 11.3 Å². The van der Waals surface area contributed by atoms with E-state index in [9.17, 15) is 0 Å². The Morgan fingerprint density at radius 3 is 2.74 bits per heavy atom. The Kier molecular flexibility index (Phi) is 3.31. The van der Waals surface area contributed by atoms with Crippen molar-refractivity contribution >= 4 is 27.9 Å². The third-order valence-corrected chi connectivity index (χ3v) is 4.26. The van der Waals surface area contributed by atoms with Crippen molar-refractivity contribution in [3.05, 3.63) is 46.1 Å². The summed E-state index contributed by atoms with van der Waals surface area (Å²) in [6.45, 7) is 2.67. The van der Waals surface area contributed by atoms with Gasteiger partial charge in [0.25, 0.3) is 0 Å². The van der Waals surface area contributed by atoms with Crippen LogP contribution in [0.1, 0.15) is 11.4 Å². The summed E-state index contributed by atoms with van der Waals surface area (Å²) in [5.74, 6) is 0. The molecule has 3 nitrogen and oxygen atoms in total. The zero-order valence-corrected chi connectivity index (χ0v) is 12.1. The van der Waals surface area contributed by atoms with E-state index in [0.29, 0.717) is 6.54 Å². The molecule has 0 unspecified atom stereocenters. The molecule has 0 amide bonds. The van der Waals surface area contributed by atoms with Crippen LogP contribution < -0.4 is 5.73 Å². The van der Waals surface area contributed by atoms with Crippen LogP contribution in [-0.4, -0.2) is 15.9 Å². The first-order chi connectivity index (χ1) is 9.20. The summed E-state index contributed by atoms with van der Waals surface area (Å²) < 4.78 is 2.20. The van der Waals surface area contributed by atoms with Gasteiger partial charge < -0.3 is 5.73 Å². The molecule has 0 aliphatic heterocycles. The lowest BCUT2D eigenvalue weighted by atomic mass is 10.1. The van der Waals surface area contributed by atoms with Crippen LogP contribution in [0.5, 0.6) is 0 Å². The van der Waals surface area contributed by atoms with Gasteiger partial charge in [-0.15, -0.1) is 11.3 Å². The monoisotopic (exact) mass is 291 g/mol. The van der Waals surface area contributed by atoms with Gasteiger partial charge in [0.15, 0.2) is 4.96 Å². The lowest BCUT2D eigenvalue weighted by Gasteiger charge is -2.04. The zero-order chi connectivity index (χ0) is 13.4. The van der Waals surface area contributed by atoms with Crippen molar-refractivity contribution in [1.29, 1.82) is 0 Å². The van der Waals surface area contributed by atoms with Crippen molar-refractivity contribution in [3.63, 3.8) is 0 Å². The van der Waals surface area contributed by atoms with E-state index in [4.69, 9.17) is 17.3 Å². The molecule has 98 valence electrons. The van der Waals surface area contributed by atoms with Crippen LogP contribution in [-0.2, 0) is 6.42 Å². The fourth-order valence-electron chi connectivity index (χ4n) is 2.27. The predicted molar refractivity (Wildman–Crippen MR) is 81.0 cm³/mol. The number of benzene rings is 1. The van der Waals surface area contributed by atoms with E-state index in [-0.39, 0.29) is 0 Å². The number of hydrogen-bond acceptors (Lipinski definition) is 3. The molecule has 0 saturated carbocycles. The van der Waals surface area contributed by atoms with Crippen molar-refractivity contribution in [2.75, 3.05) is 6.54 Å². The van der Waals surface area contributed by atoms with E-state index < -0.39 is 0 Å². The molecular formula is C14H14ClN3S. The molecule has 2 heterocycles. The molecule has 3 rings (SSSR count). The number of nitrogens with zero attached hydrogens (tertiary/aromatic N) is 2. The highest BCUT2D eigenvalue weighted by Crippen LogP contribution is 2.29. The SMILES string of the molecule is Cc1nc2scc(-c3ccc(Cl)cc3)n2c1CCN. The van der Waals surface area contributed by atoms with E-state index in [1.807, 2.05) is 31.2 Å². The molecule has 2 N–H and O–H groups in total. The van der Waals surface area contributed by atoms with E-state index >= 15 is 0 Å². The van der Waals surface area contributed by atoms with Crippen LogP contribution >= 0.6 is 22.9 Å². The summed E-state index contributed by atoms with van der Waals surface area (Å²) in [6.07, 6.45) is 0.838. The van der Waals surface area contributed by atoms with Crippen molar-refractivity contribution < 1.29 is 0 Å².